The summed E-state index contributed by atoms with van der Waals surface area (Å²) in [6.45, 7) is 7.36. The predicted octanol–water partition coefficient (Wildman–Crippen LogP) is 2.91. The summed E-state index contributed by atoms with van der Waals surface area (Å²) >= 11 is 0. The van der Waals surface area contributed by atoms with Crippen molar-refractivity contribution in [2.45, 2.75) is 58.0 Å². The Morgan fingerprint density at radius 3 is 2.39 bits per heavy atom. The lowest BCUT2D eigenvalue weighted by molar-refractivity contribution is -0.181. The molecule has 6 nitrogen and oxygen atoms in total. The van der Waals surface area contributed by atoms with E-state index >= 15 is 0 Å². The van der Waals surface area contributed by atoms with Gasteiger partial charge in [-0.2, -0.15) is 0 Å². The van der Waals surface area contributed by atoms with E-state index in [9.17, 15) is 4.79 Å². The molecule has 0 aliphatic carbocycles. The Labute approximate surface area is 169 Å². The van der Waals surface area contributed by atoms with Gasteiger partial charge in [-0.3, -0.25) is 9.69 Å². The Morgan fingerprint density at radius 2 is 1.79 bits per heavy atom. The quantitative estimate of drug-likeness (QED) is 0.637. The fourth-order valence-electron chi connectivity index (χ4n) is 3.98. The van der Waals surface area contributed by atoms with Crippen LogP contribution in [0.25, 0.3) is 0 Å². The van der Waals surface area contributed by atoms with Gasteiger partial charge in [0.1, 0.15) is 6.23 Å². The first-order valence-electron chi connectivity index (χ1n) is 10.4. The number of hydrogen-bond acceptors (Lipinski definition) is 5. The number of carbonyl (C=O) groups is 1. The van der Waals surface area contributed by atoms with Crippen LogP contribution in [0.5, 0.6) is 0 Å². The largest absolute Gasteiger partial charge is 0.382 e. The highest BCUT2D eigenvalue weighted by atomic mass is 16.5. The molecule has 0 saturated carbocycles. The summed E-state index contributed by atoms with van der Waals surface area (Å²) in [7, 11) is 3.74. The Hall–Kier alpha value is -1.47. The number of carbonyl (C=O) groups excluding carboxylic acids is 1. The average Bonchev–Trinajstić information content (AvgIpc) is 2.71. The number of fused-ring (bicyclic) bond motifs is 2. The van der Waals surface area contributed by atoms with Gasteiger partial charge in [0.15, 0.2) is 0 Å². The smallest absolute Gasteiger partial charge is 0.242 e. The molecule has 2 bridgehead atoms. The molecule has 1 aromatic carbocycles. The number of likely N-dealkylation sites (N-methyl/N-ethyl adjacent to an activating group) is 1. The first-order valence-corrected chi connectivity index (χ1v) is 10.4. The Kier molecular flexibility index (Phi) is 9.92. The van der Waals surface area contributed by atoms with Gasteiger partial charge in [-0.25, -0.2) is 0 Å². The zero-order valence-electron chi connectivity index (χ0n) is 17.8. The van der Waals surface area contributed by atoms with Crippen molar-refractivity contribution in [2.24, 2.45) is 0 Å². The second-order valence-corrected chi connectivity index (χ2v) is 7.16. The normalized spacial score (nSPS) is 24.6. The summed E-state index contributed by atoms with van der Waals surface area (Å²) < 4.78 is 16.2. The fraction of sp³-hybridized carbons (Fsp3) is 0.682. The Morgan fingerprint density at radius 1 is 1.07 bits per heavy atom. The maximum Gasteiger partial charge on any atom is 0.242 e. The molecule has 2 saturated heterocycles. The first-order chi connectivity index (χ1) is 13.6. The van der Waals surface area contributed by atoms with Gasteiger partial charge in [0.2, 0.25) is 5.91 Å². The molecule has 3 atom stereocenters. The molecule has 1 aromatic rings. The number of amides is 1. The van der Waals surface area contributed by atoms with Gasteiger partial charge in [-0.05, 0) is 45.7 Å². The summed E-state index contributed by atoms with van der Waals surface area (Å²) in [5.74, 6) is 0.179. The number of rotatable bonds is 8. The molecule has 2 aliphatic rings. The topological polar surface area (TPSA) is 51.2 Å². The maximum atomic E-state index is 12.7. The Balaban J connectivity index is 0.000000500. The molecule has 3 rings (SSSR count). The minimum atomic E-state index is -0.163. The van der Waals surface area contributed by atoms with Crippen LogP contribution in [0, 0.1) is 0 Å². The highest BCUT2D eigenvalue weighted by molar-refractivity contribution is 5.83. The number of nitrogens with zero attached hydrogens (tertiary/aromatic N) is 2. The van der Waals surface area contributed by atoms with Crippen molar-refractivity contribution in [3.63, 3.8) is 0 Å². The van der Waals surface area contributed by atoms with Crippen LogP contribution < -0.4 is 0 Å². The van der Waals surface area contributed by atoms with Gasteiger partial charge in [-0.1, -0.05) is 30.3 Å². The van der Waals surface area contributed by atoms with Crippen LogP contribution in [-0.4, -0.2) is 74.5 Å². The third kappa shape index (κ3) is 6.01. The first kappa shape index (κ1) is 22.8. The second kappa shape index (κ2) is 12.2. The summed E-state index contributed by atoms with van der Waals surface area (Å²) in [5, 5.41) is 0. The standard InChI is InChI=1S/C18H26N2O3.C4H10O/c1-19-15-9-6-10-16(19)18(22-2)20(17(15)21)11-12-23-13-14-7-4-3-5-8-14;1-3-5-4-2/h3-5,7-8,15-16,18H,6,9-13H2,1-2H3;3-4H2,1-2H3. The molecule has 28 heavy (non-hydrogen) atoms. The minimum Gasteiger partial charge on any atom is -0.382 e. The summed E-state index contributed by atoms with van der Waals surface area (Å²) in [6, 6.07) is 10.4. The van der Waals surface area contributed by atoms with E-state index in [0.29, 0.717) is 25.8 Å². The molecule has 158 valence electrons. The number of piperidine rings is 1. The van der Waals surface area contributed by atoms with Crippen molar-refractivity contribution in [3.05, 3.63) is 35.9 Å². The van der Waals surface area contributed by atoms with Crippen molar-refractivity contribution < 1.29 is 19.0 Å². The van der Waals surface area contributed by atoms with Crippen LogP contribution in [0.4, 0.5) is 0 Å². The van der Waals surface area contributed by atoms with Crippen molar-refractivity contribution in [1.82, 2.24) is 9.80 Å². The van der Waals surface area contributed by atoms with Crippen molar-refractivity contribution in [3.8, 4) is 0 Å². The molecule has 0 aromatic heterocycles. The zero-order valence-corrected chi connectivity index (χ0v) is 17.8. The molecule has 6 heteroatoms. The average molecular weight is 393 g/mol. The molecule has 1 amide bonds. The molecule has 0 spiro atoms. The number of methoxy groups -OCH3 is 1. The van der Waals surface area contributed by atoms with Gasteiger partial charge in [0.25, 0.3) is 0 Å². The van der Waals surface area contributed by atoms with Gasteiger partial charge < -0.3 is 19.1 Å². The molecular weight excluding hydrogens is 356 g/mol. The van der Waals surface area contributed by atoms with E-state index in [4.69, 9.17) is 14.2 Å². The second-order valence-electron chi connectivity index (χ2n) is 7.16. The summed E-state index contributed by atoms with van der Waals surface area (Å²) in [5.41, 5.74) is 1.15. The lowest BCUT2D eigenvalue weighted by Gasteiger charge is -2.51. The maximum absolute atomic E-state index is 12.7. The molecule has 2 fully saturated rings. The predicted molar refractivity (Wildman–Crippen MR) is 110 cm³/mol. The van der Waals surface area contributed by atoms with E-state index in [1.807, 2.05) is 56.1 Å². The third-order valence-electron chi connectivity index (χ3n) is 5.43. The lowest BCUT2D eigenvalue weighted by Crippen LogP contribution is -2.68. The Bertz CT molecular complexity index is 567. The van der Waals surface area contributed by atoms with Gasteiger partial charge in [0.05, 0.1) is 25.3 Å². The summed E-state index contributed by atoms with van der Waals surface area (Å²) in [4.78, 5) is 16.8. The van der Waals surface area contributed by atoms with Crippen molar-refractivity contribution >= 4 is 5.91 Å². The molecule has 3 unspecified atom stereocenters. The van der Waals surface area contributed by atoms with Crippen LogP contribution in [0.3, 0.4) is 0 Å². The molecule has 2 aliphatic heterocycles. The number of hydrogen-bond donors (Lipinski definition) is 0. The van der Waals surface area contributed by atoms with Crippen molar-refractivity contribution in [1.29, 1.82) is 0 Å². The number of benzene rings is 1. The van der Waals surface area contributed by atoms with E-state index < -0.39 is 0 Å². The minimum absolute atomic E-state index is 0.00859. The summed E-state index contributed by atoms with van der Waals surface area (Å²) in [6.07, 6.45) is 2.97. The monoisotopic (exact) mass is 392 g/mol. The highest BCUT2D eigenvalue weighted by Crippen LogP contribution is 2.32. The molecule has 2 heterocycles. The third-order valence-corrected chi connectivity index (χ3v) is 5.43. The van der Waals surface area contributed by atoms with Gasteiger partial charge >= 0.3 is 0 Å². The van der Waals surface area contributed by atoms with E-state index in [1.54, 1.807) is 7.11 Å². The number of piperazine rings is 1. The van der Waals surface area contributed by atoms with Crippen LogP contribution in [0.1, 0.15) is 38.7 Å². The SMILES string of the molecule is CCOCC.COC1C2CCCC(C(=O)N1CCOCc1ccccc1)N2C. The van der Waals surface area contributed by atoms with Crippen LogP contribution in [0.15, 0.2) is 30.3 Å². The van der Waals surface area contributed by atoms with Crippen LogP contribution in [-0.2, 0) is 25.6 Å². The lowest BCUT2D eigenvalue weighted by atomic mass is 9.90. The number of ether oxygens (including phenoxy) is 3. The highest BCUT2D eigenvalue weighted by Gasteiger charge is 2.47. The van der Waals surface area contributed by atoms with E-state index in [1.165, 1.54) is 0 Å². The van der Waals surface area contributed by atoms with E-state index in [2.05, 4.69) is 4.90 Å². The molecule has 0 radical (unpaired) electrons. The van der Waals surface area contributed by atoms with E-state index in [-0.39, 0.29) is 18.2 Å². The molecule has 0 N–H and O–H groups in total. The van der Waals surface area contributed by atoms with Gasteiger partial charge in [0, 0.05) is 26.9 Å². The molecular formula is C22H36N2O4. The zero-order chi connectivity index (χ0) is 20.4. The fourth-order valence-corrected chi connectivity index (χ4v) is 3.98. The van der Waals surface area contributed by atoms with Crippen LogP contribution in [0.2, 0.25) is 0 Å². The number of likely N-dealkylation sites (tertiary alicyclic amines) is 1. The van der Waals surface area contributed by atoms with Gasteiger partial charge in [-0.15, -0.1) is 0 Å². The van der Waals surface area contributed by atoms with Crippen LogP contribution >= 0.6 is 0 Å². The van der Waals surface area contributed by atoms with Crippen molar-refractivity contribution in [2.75, 3.05) is 40.5 Å². The van der Waals surface area contributed by atoms with E-state index in [0.717, 1.165) is 38.0 Å².